The highest BCUT2D eigenvalue weighted by atomic mass is 79.9. The first-order valence-electron chi connectivity index (χ1n) is 7.64. The number of hydrogen-bond acceptors (Lipinski definition) is 5. The van der Waals surface area contributed by atoms with Crippen molar-refractivity contribution in [2.45, 2.75) is 10.3 Å². The number of hydrogen-bond donors (Lipinski definition) is 1. The lowest BCUT2D eigenvalue weighted by Gasteiger charge is -2.33. The number of morpholine rings is 1. The number of sulfonamides is 1. The molecule has 2 aromatic rings. The van der Waals surface area contributed by atoms with Crippen LogP contribution in [0.2, 0.25) is 0 Å². The quantitative estimate of drug-likeness (QED) is 0.767. The first-order valence-corrected chi connectivity index (χ1v) is 10.8. The molecule has 2 heterocycles. The van der Waals surface area contributed by atoms with Crippen LogP contribution in [-0.2, 0) is 19.6 Å². The lowest BCUT2D eigenvalue weighted by atomic mass is 10.1. The van der Waals surface area contributed by atoms with Gasteiger partial charge in [0.05, 0.1) is 19.7 Å². The largest absolute Gasteiger partial charge is 0.370 e. The molecule has 25 heavy (non-hydrogen) atoms. The van der Waals surface area contributed by atoms with Crippen LogP contribution in [0.1, 0.15) is 11.7 Å². The number of carbonyl (C=O) groups is 1. The Morgan fingerprint density at radius 2 is 2.08 bits per heavy atom. The molecule has 0 spiro atoms. The number of ether oxygens (including phenoxy) is 1. The highest BCUT2D eigenvalue weighted by Crippen LogP contribution is 2.24. The number of halogens is 1. The molecule has 1 aliphatic heterocycles. The zero-order valence-corrected chi connectivity index (χ0v) is 16.4. The van der Waals surface area contributed by atoms with Gasteiger partial charge in [-0.25, -0.2) is 13.1 Å². The van der Waals surface area contributed by atoms with Crippen molar-refractivity contribution >= 4 is 43.2 Å². The van der Waals surface area contributed by atoms with E-state index in [4.69, 9.17) is 4.74 Å². The number of benzene rings is 1. The van der Waals surface area contributed by atoms with Crippen LogP contribution < -0.4 is 4.72 Å². The molecule has 0 saturated carbocycles. The molecule has 1 N–H and O–H groups in total. The minimum Gasteiger partial charge on any atom is -0.370 e. The zero-order chi connectivity index (χ0) is 17.9. The Morgan fingerprint density at radius 1 is 1.32 bits per heavy atom. The highest BCUT2D eigenvalue weighted by Gasteiger charge is 2.26. The Morgan fingerprint density at radius 3 is 2.76 bits per heavy atom. The van der Waals surface area contributed by atoms with Crippen molar-refractivity contribution in [1.82, 2.24) is 9.62 Å². The van der Waals surface area contributed by atoms with Gasteiger partial charge in [0.25, 0.3) is 10.0 Å². The molecule has 0 radical (unpaired) electrons. The van der Waals surface area contributed by atoms with Crippen LogP contribution in [0.5, 0.6) is 0 Å². The van der Waals surface area contributed by atoms with Crippen LogP contribution in [0, 0.1) is 0 Å². The number of thiophene rings is 1. The fourth-order valence-electron chi connectivity index (χ4n) is 2.51. The van der Waals surface area contributed by atoms with Gasteiger partial charge in [-0.1, -0.05) is 34.1 Å². The minimum absolute atomic E-state index is 0.204. The van der Waals surface area contributed by atoms with Crippen molar-refractivity contribution in [3.63, 3.8) is 0 Å². The molecule has 0 unspecified atom stereocenters. The lowest BCUT2D eigenvalue weighted by Crippen LogP contribution is -2.46. The lowest BCUT2D eigenvalue weighted by molar-refractivity contribution is -0.137. The standard InChI is InChI=1S/C16H17BrN2O4S2/c17-13-5-3-12(4-6-13)14-11-19(7-8-23-14)15(20)10-18-25(21,22)16-2-1-9-24-16/h1-6,9,14,18H,7-8,10-11H2/t14-/m0/s1. The smallest absolute Gasteiger partial charge is 0.250 e. The third-order valence-electron chi connectivity index (χ3n) is 3.83. The summed E-state index contributed by atoms with van der Waals surface area (Å²) >= 11 is 4.51. The molecule has 0 bridgehead atoms. The van der Waals surface area contributed by atoms with E-state index in [2.05, 4.69) is 20.7 Å². The topological polar surface area (TPSA) is 75.7 Å². The van der Waals surface area contributed by atoms with Gasteiger partial charge in [-0.3, -0.25) is 4.79 Å². The first kappa shape index (κ1) is 18.5. The van der Waals surface area contributed by atoms with Crippen molar-refractivity contribution in [3.8, 4) is 0 Å². The Bertz CT molecular complexity index is 822. The van der Waals surface area contributed by atoms with E-state index in [1.165, 1.54) is 6.07 Å². The number of amides is 1. The van der Waals surface area contributed by atoms with Crippen LogP contribution in [0.15, 0.2) is 50.5 Å². The van der Waals surface area contributed by atoms with Crippen molar-refractivity contribution in [2.24, 2.45) is 0 Å². The summed E-state index contributed by atoms with van der Waals surface area (Å²) in [5, 5.41) is 1.68. The van der Waals surface area contributed by atoms with E-state index >= 15 is 0 Å². The van der Waals surface area contributed by atoms with Gasteiger partial charge in [-0.15, -0.1) is 11.3 Å². The van der Waals surface area contributed by atoms with Gasteiger partial charge >= 0.3 is 0 Å². The summed E-state index contributed by atoms with van der Waals surface area (Å²) < 4.78 is 33.5. The van der Waals surface area contributed by atoms with Crippen LogP contribution >= 0.6 is 27.3 Å². The zero-order valence-electron chi connectivity index (χ0n) is 13.2. The maximum Gasteiger partial charge on any atom is 0.250 e. The summed E-state index contributed by atoms with van der Waals surface area (Å²) in [5.41, 5.74) is 0.986. The fraction of sp³-hybridized carbons (Fsp3) is 0.312. The third kappa shape index (κ3) is 4.68. The van der Waals surface area contributed by atoms with E-state index < -0.39 is 10.0 Å². The molecule has 1 aromatic carbocycles. The molecule has 1 atom stereocenters. The molecule has 1 amide bonds. The first-order chi connectivity index (χ1) is 12.0. The molecule has 1 aliphatic rings. The normalized spacial score (nSPS) is 18.3. The summed E-state index contributed by atoms with van der Waals surface area (Å²) in [5.74, 6) is -0.259. The van der Waals surface area contributed by atoms with E-state index in [-0.39, 0.29) is 22.8 Å². The van der Waals surface area contributed by atoms with Crippen molar-refractivity contribution < 1.29 is 17.9 Å². The van der Waals surface area contributed by atoms with Gasteiger partial charge in [-0.05, 0) is 29.1 Å². The predicted octanol–water partition coefficient (Wildman–Crippen LogP) is 2.39. The number of nitrogens with one attached hydrogen (secondary N) is 1. The monoisotopic (exact) mass is 444 g/mol. The molecular formula is C16H17BrN2O4S2. The van der Waals surface area contributed by atoms with Gasteiger partial charge in [-0.2, -0.15) is 0 Å². The fourth-order valence-corrected chi connectivity index (χ4v) is 4.79. The maximum absolute atomic E-state index is 12.4. The van der Waals surface area contributed by atoms with Gasteiger partial charge in [0.1, 0.15) is 10.3 Å². The van der Waals surface area contributed by atoms with Gasteiger partial charge in [0.2, 0.25) is 5.91 Å². The number of rotatable bonds is 5. The summed E-state index contributed by atoms with van der Waals surface area (Å²) in [6.07, 6.45) is -0.209. The Kier molecular flexibility index (Phi) is 5.90. The average Bonchev–Trinajstić information content (AvgIpc) is 3.16. The molecule has 6 nitrogen and oxygen atoms in total. The molecule has 1 aromatic heterocycles. The van der Waals surface area contributed by atoms with Crippen molar-refractivity contribution in [2.75, 3.05) is 26.2 Å². The highest BCUT2D eigenvalue weighted by molar-refractivity contribution is 9.10. The molecular weight excluding hydrogens is 428 g/mol. The Hall–Kier alpha value is -1.26. The molecule has 3 rings (SSSR count). The van der Waals surface area contributed by atoms with Crippen molar-refractivity contribution in [3.05, 3.63) is 51.8 Å². The second kappa shape index (κ2) is 7.96. The van der Waals surface area contributed by atoms with Crippen LogP contribution in [0.25, 0.3) is 0 Å². The summed E-state index contributed by atoms with van der Waals surface area (Å²) in [6.45, 7) is 1.02. The molecule has 0 aliphatic carbocycles. The van der Waals surface area contributed by atoms with Crippen LogP contribution in [0.4, 0.5) is 0 Å². The van der Waals surface area contributed by atoms with E-state index in [1.54, 1.807) is 16.3 Å². The second-order valence-electron chi connectivity index (χ2n) is 5.51. The summed E-state index contributed by atoms with van der Waals surface area (Å²) in [6, 6.07) is 10.9. The summed E-state index contributed by atoms with van der Waals surface area (Å²) in [4.78, 5) is 14.0. The molecule has 134 valence electrons. The average molecular weight is 445 g/mol. The second-order valence-corrected chi connectivity index (χ2v) is 9.36. The molecule has 1 fully saturated rings. The van der Waals surface area contributed by atoms with E-state index in [0.29, 0.717) is 19.7 Å². The minimum atomic E-state index is -3.64. The predicted molar refractivity (Wildman–Crippen MR) is 98.9 cm³/mol. The Labute approximate surface area is 159 Å². The third-order valence-corrected chi connectivity index (χ3v) is 7.16. The molecule has 9 heteroatoms. The number of nitrogens with zero attached hydrogens (tertiary/aromatic N) is 1. The van der Waals surface area contributed by atoms with Gasteiger partial charge in [0, 0.05) is 11.0 Å². The summed E-state index contributed by atoms with van der Waals surface area (Å²) in [7, 11) is -3.64. The van der Waals surface area contributed by atoms with Crippen LogP contribution in [-0.4, -0.2) is 45.5 Å². The van der Waals surface area contributed by atoms with Crippen molar-refractivity contribution in [1.29, 1.82) is 0 Å². The SMILES string of the molecule is O=C(CNS(=O)(=O)c1cccs1)N1CCO[C@H](c2ccc(Br)cc2)C1. The van der Waals surface area contributed by atoms with Gasteiger partial charge in [0.15, 0.2) is 0 Å². The van der Waals surface area contributed by atoms with Crippen LogP contribution in [0.3, 0.4) is 0 Å². The molecule has 1 saturated heterocycles. The van der Waals surface area contributed by atoms with E-state index in [0.717, 1.165) is 21.4 Å². The van der Waals surface area contributed by atoms with Gasteiger partial charge < -0.3 is 9.64 Å². The Balaban J connectivity index is 1.59. The van der Waals surface area contributed by atoms with E-state index in [1.807, 2.05) is 24.3 Å². The maximum atomic E-state index is 12.4. The van der Waals surface area contributed by atoms with E-state index in [9.17, 15) is 13.2 Å². The number of carbonyl (C=O) groups excluding carboxylic acids is 1.